The maximum absolute atomic E-state index is 13.3. The molecular weight excluding hydrogens is 374 g/mol. The number of unbranched alkanes of at least 4 members (excludes halogenated alkanes) is 2. The summed E-state index contributed by atoms with van der Waals surface area (Å²) in [6.45, 7) is 5.72. The molecule has 0 fully saturated rings. The van der Waals surface area contributed by atoms with E-state index in [9.17, 15) is 4.79 Å². The fourth-order valence-electron chi connectivity index (χ4n) is 4.03. The van der Waals surface area contributed by atoms with Gasteiger partial charge in [0, 0.05) is 17.7 Å². The molecule has 0 aliphatic carbocycles. The number of ether oxygens (including phenoxy) is 1. The molecule has 1 N–H and O–H groups in total. The molecule has 1 aliphatic rings. The number of hydrogen-bond donors (Lipinski definition) is 1. The maximum Gasteiger partial charge on any atom is 0.273 e. The Balaban J connectivity index is 1.76. The number of benzene rings is 2. The SMILES string of the molecule is CCCCOc1cccc(C2c3c(-c4ccccc4)n[nH]c3C(=O)N2CCCC)c1. The van der Waals surface area contributed by atoms with E-state index in [2.05, 4.69) is 36.2 Å². The van der Waals surface area contributed by atoms with E-state index in [0.29, 0.717) is 12.3 Å². The van der Waals surface area contributed by atoms with Crippen LogP contribution in [0.15, 0.2) is 54.6 Å². The van der Waals surface area contributed by atoms with Gasteiger partial charge in [0.1, 0.15) is 11.4 Å². The maximum atomic E-state index is 13.3. The van der Waals surface area contributed by atoms with E-state index in [1.165, 1.54) is 0 Å². The van der Waals surface area contributed by atoms with Crippen molar-refractivity contribution < 1.29 is 9.53 Å². The third-order valence-electron chi connectivity index (χ3n) is 5.60. The number of hydrogen-bond acceptors (Lipinski definition) is 3. The van der Waals surface area contributed by atoms with Gasteiger partial charge in [0.05, 0.1) is 18.3 Å². The topological polar surface area (TPSA) is 58.2 Å². The van der Waals surface area contributed by atoms with Gasteiger partial charge in [0.2, 0.25) is 0 Å². The van der Waals surface area contributed by atoms with E-state index in [-0.39, 0.29) is 11.9 Å². The summed E-state index contributed by atoms with van der Waals surface area (Å²) in [4.78, 5) is 15.2. The van der Waals surface area contributed by atoms with Crippen LogP contribution < -0.4 is 4.74 Å². The lowest BCUT2D eigenvalue weighted by Crippen LogP contribution is -2.30. The molecular formula is C25H29N3O2. The minimum absolute atomic E-state index is 0.0236. The lowest BCUT2D eigenvalue weighted by Gasteiger charge is -2.26. The molecule has 5 nitrogen and oxygen atoms in total. The molecule has 0 spiro atoms. The van der Waals surface area contributed by atoms with Gasteiger partial charge in [0.15, 0.2) is 0 Å². The third kappa shape index (κ3) is 3.84. The van der Waals surface area contributed by atoms with Crippen molar-refractivity contribution in [3.8, 4) is 17.0 Å². The van der Waals surface area contributed by atoms with E-state index < -0.39 is 0 Å². The first-order valence-corrected chi connectivity index (χ1v) is 10.9. The number of carbonyl (C=O) groups excluding carboxylic acids is 1. The van der Waals surface area contributed by atoms with Crippen LogP contribution in [0.2, 0.25) is 0 Å². The summed E-state index contributed by atoms with van der Waals surface area (Å²) < 4.78 is 5.95. The van der Waals surface area contributed by atoms with Gasteiger partial charge in [-0.25, -0.2) is 0 Å². The molecule has 30 heavy (non-hydrogen) atoms. The van der Waals surface area contributed by atoms with E-state index >= 15 is 0 Å². The lowest BCUT2D eigenvalue weighted by molar-refractivity contribution is 0.0741. The molecule has 1 aromatic heterocycles. The second-order valence-corrected chi connectivity index (χ2v) is 7.76. The van der Waals surface area contributed by atoms with Crippen LogP contribution in [0.5, 0.6) is 5.75 Å². The standard InChI is InChI=1S/C25H29N3O2/c1-3-5-15-28-24(19-13-10-14-20(17-19)30-16-6-4-2)21-22(18-11-8-7-9-12-18)26-27-23(21)25(28)29/h7-14,17,24H,3-6,15-16H2,1-2H3,(H,26,27). The summed E-state index contributed by atoms with van der Waals surface area (Å²) in [6.07, 6.45) is 4.13. The normalized spacial score (nSPS) is 15.5. The Morgan fingerprint density at radius 2 is 1.83 bits per heavy atom. The van der Waals surface area contributed by atoms with Gasteiger partial charge in [-0.05, 0) is 30.5 Å². The van der Waals surface area contributed by atoms with Crippen LogP contribution >= 0.6 is 0 Å². The molecule has 0 saturated carbocycles. The molecule has 3 aromatic rings. The minimum Gasteiger partial charge on any atom is -0.494 e. The van der Waals surface area contributed by atoms with E-state index in [1.54, 1.807) is 0 Å². The van der Waals surface area contributed by atoms with Gasteiger partial charge < -0.3 is 9.64 Å². The molecule has 1 unspecified atom stereocenters. The Bertz CT molecular complexity index is 997. The highest BCUT2D eigenvalue weighted by Crippen LogP contribution is 2.43. The predicted octanol–water partition coefficient (Wildman–Crippen LogP) is 5.60. The van der Waals surface area contributed by atoms with Crippen LogP contribution in [-0.2, 0) is 0 Å². The van der Waals surface area contributed by atoms with Crippen molar-refractivity contribution in [3.63, 3.8) is 0 Å². The Hall–Kier alpha value is -3.08. The second-order valence-electron chi connectivity index (χ2n) is 7.76. The fraction of sp³-hybridized carbons (Fsp3) is 0.360. The Labute approximate surface area is 178 Å². The van der Waals surface area contributed by atoms with E-state index in [1.807, 2.05) is 47.4 Å². The van der Waals surface area contributed by atoms with Crippen molar-refractivity contribution in [1.29, 1.82) is 0 Å². The molecule has 156 valence electrons. The number of H-pyrrole nitrogens is 1. The van der Waals surface area contributed by atoms with Crippen LogP contribution in [-0.4, -0.2) is 34.2 Å². The van der Waals surface area contributed by atoms with Crippen molar-refractivity contribution in [2.24, 2.45) is 0 Å². The van der Waals surface area contributed by atoms with Crippen molar-refractivity contribution in [2.75, 3.05) is 13.2 Å². The first-order valence-electron chi connectivity index (χ1n) is 10.9. The molecule has 1 atom stereocenters. The largest absolute Gasteiger partial charge is 0.494 e. The quantitative estimate of drug-likeness (QED) is 0.473. The number of nitrogens with zero attached hydrogens (tertiary/aromatic N) is 2. The zero-order valence-corrected chi connectivity index (χ0v) is 17.7. The number of amides is 1. The summed E-state index contributed by atoms with van der Waals surface area (Å²) in [5.74, 6) is 0.873. The summed E-state index contributed by atoms with van der Waals surface area (Å²) in [5.41, 5.74) is 4.49. The van der Waals surface area contributed by atoms with Gasteiger partial charge in [0.25, 0.3) is 5.91 Å². The lowest BCUT2D eigenvalue weighted by atomic mass is 9.96. The summed E-state index contributed by atoms with van der Waals surface area (Å²) >= 11 is 0. The number of fused-ring (bicyclic) bond motifs is 1. The average Bonchev–Trinajstić information content (AvgIpc) is 3.32. The fourth-order valence-corrected chi connectivity index (χ4v) is 4.03. The Morgan fingerprint density at radius 3 is 2.60 bits per heavy atom. The molecule has 4 rings (SSSR count). The molecule has 0 radical (unpaired) electrons. The van der Waals surface area contributed by atoms with Crippen LogP contribution in [0.4, 0.5) is 0 Å². The second kappa shape index (κ2) is 9.16. The highest BCUT2D eigenvalue weighted by atomic mass is 16.5. The molecule has 2 aromatic carbocycles. The van der Waals surface area contributed by atoms with Gasteiger partial charge in [-0.15, -0.1) is 0 Å². The molecule has 1 amide bonds. The zero-order chi connectivity index (χ0) is 20.9. The predicted molar refractivity (Wildman–Crippen MR) is 119 cm³/mol. The third-order valence-corrected chi connectivity index (χ3v) is 5.60. The Kier molecular flexibility index (Phi) is 6.17. The van der Waals surface area contributed by atoms with Crippen LogP contribution in [0.25, 0.3) is 11.3 Å². The smallest absolute Gasteiger partial charge is 0.273 e. The van der Waals surface area contributed by atoms with Crippen molar-refractivity contribution in [1.82, 2.24) is 15.1 Å². The number of rotatable bonds is 9. The van der Waals surface area contributed by atoms with Crippen molar-refractivity contribution in [3.05, 3.63) is 71.4 Å². The summed E-state index contributed by atoms with van der Waals surface area (Å²) in [5, 5.41) is 7.55. The number of aromatic nitrogens is 2. The number of aromatic amines is 1. The summed E-state index contributed by atoms with van der Waals surface area (Å²) in [7, 11) is 0. The molecule has 0 saturated heterocycles. The Morgan fingerprint density at radius 1 is 1.03 bits per heavy atom. The van der Waals surface area contributed by atoms with Crippen molar-refractivity contribution >= 4 is 5.91 Å². The van der Waals surface area contributed by atoms with Crippen LogP contribution in [0.1, 0.15) is 67.2 Å². The minimum atomic E-state index is -0.164. The molecule has 0 bridgehead atoms. The van der Waals surface area contributed by atoms with Crippen LogP contribution in [0.3, 0.4) is 0 Å². The van der Waals surface area contributed by atoms with Gasteiger partial charge >= 0.3 is 0 Å². The number of nitrogens with one attached hydrogen (secondary N) is 1. The molecule has 2 heterocycles. The van der Waals surface area contributed by atoms with E-state index in [4.69, 9.17) is 4.74 Å². The van der Waals surface area contributed by atoms with Gasteiger partial charge in [-0.3, -0.25) is 9.89 Å². The average molecular weight is 404 g/mol. The molecule has 1 aliphatic heterocycles. The van der Waals surface area contributed by atoms with Crippen LogP contribution in [0, 0.1) is 0 Å². The highest BCUT2D eigenvalue weighted by Gasteiger charge is 2.41. The molecule has 5 heteroatoms. The first-order chi connectivity index (χ1) is 14.7. The van der Waals surface area contributed by atoms with E-state index in [0.717, 1.165) is 60.4 Å². The first kappa shape index (κ1) is 20.2. The summed E-state index contributed by atoms with van der Waals surface area (Å²) in [6, 6.07) is 18.1. The van der Waals surface area contributed by atoms with Gasteiger partial charge in [-0.2, -0.15) is 5.10 Å². The number of carbonyl (C=O) groups is 1. The van der Waals surface area contributed by atoms with Gasteiger partial charge in [-0.1, -0.05) is 69.2 Å². The van der Waals surface area contributed by atoms with Crippen molar-refractivity contribution in [2.45, 2.75) is 45.6 Å². The zero-order valence-electron chi connectivity index (χ0n) is 17.7. The monoisotopic (exact) mass is 403 g/mol. The highest BCUT2D eigenvalue weighted by molar-refractivity contribution is 6.00.